The van der Waals surface area contributed by atoms with E-state index in [1.807, 2.05) is 0 Å². The molecule has 1 unspecified atom stereocenters. The van der Waals surface area contributed by atoms with Gasteiger partial charge in [-0.1, -0.05) is 36.4 Å². The van der Waals surface area contributed by atoms with Crippen LogP contribution in [0.25, 0.3) is 0 Å². The molecule has 0 radical (unpaired) electrons. The maximum absolute atomic E-state index is 2.24. The van der Waals surface area contributed by atoms with Gasteiger partial charge in [0.2, 0.25) is 0 Å². The quantitative estimate of drug-likeness (QED) is 0.626. The predicted molar refractivity (Wildman–Crippen MR) is 61.6 cm³/mol. The fourth-order valence-corrected chi connectivity index (χ4v) is 1.90. The van der Waals surface area contributed by atoms with Crippen molar-refractivity contribution in [3.8, 4) is 0 Å². The van der Waals surface area contributed by atoms with Gasteiger partial charge in [0, 0.05) is 12.1 Å². The van der Waals surface area contributed by atoms with Gasteiger partial charge < -0.3 is 12.4 Å². The van der Waals surface area contributed by atoms with Crippen LogP contribution in [0.15, 0.2) is 54.7 Å². The van der Waals surface area contributed by atoms with Crippen molar-refractivity contribution in [3.05, 3.63) is 66.0 Å². The molecule has 2 heteroatoms. The fraction of sp³-hybridized carbons (Fsp3) is 0.214. The topological polar surface area (TPSA) is 3.88 Å². The predicted octanol–water partition coefficient (Wildman–Crippen LogP) is -0.333. The Bertz CT molecular complexity index is 439. The second-order valence-corrected chi connectivity index (χ2v) is 3.87. The summed E-state index contributed by atoms with van der Waals surface area (Å²) in [5, 5.41) is 0. The highest BCUT2D eigenvalue weighted by atomic mass is 35.5. The van der Waals surface area contributed by atoms with E-state index in [2.05, 4.69) is 73.3 Å². The van der Waals surface area contributed by atoms with Crippen molar-refractivity contribution in [3.63, 3.8) is 0 Å². The SMILES string of the molecule is CC(c1ccccc1)c1cccc[n+]1C.[Cl-]. The van der Waals surface area contributed by atoms with Gasteiger partial charge >= 0.3 is 0 Å². The number of hydrogen-bond donors (Lipinski definition) is 0. The Hall–Kier alpha value is -1.34. The Labute approximate surface area is 103 Å². The van der Waals surface area contributed by atoms with Crippen LogP contribution in [0, 0.1) is 0 Å². The molecule has 0 aliphatic rings. The van der Waals surface area contributed by atoms with Gasteiger partial charge in [0.25, 0.3) is 0 Å². The molecule has 0 bridgehead atoms. The van der Waals surface area contributed by atoms with Crippen LogP contribution in [0.1, 0.15) is 24.1 Å². The van der Waals surface area contributed by atoms with Crippen molar-refractivity contribution in [2.45, 2.75) is 12.8 Å². The summed E-state index contributed by atoms with van der Waals surface area (Å²) in [6.07, 6.45) is 2.09. The zero-order valence-corrected chi connectivity index (χ0v) is 10.4. The largest absolute Gasteiger partial charge is 1.00 e. The third-order valence-corrected chi connectivity index (χ3v) is 2.84. The fourth-order valence-electron chi connectivity index (χ4n) is 1.90. The first-order valence-electron chi connectivity index (χ1n) is 5.28. The minimum absolute atomic E-state index is 0. The number of halogens is 1. The summed E-state index contributed by atoms with van der Waals surface area (Å²) in [6, 6.07) is 16.9. The number of nitrogens with zero attached hydrogens (tertiary/aromatic N) is 1. The second-order valence-electron chi connectivity index (χ2n) is 3.87. The summed E-state index contributed by atoms with van der Waals surface area (Å²) in [6.45, 7) is 2.24. The zero-order chi connectivity index (χ0) is 10.7. The Morgan fingerprint density at radius 2 is 1.56 bits per heavy atom. The first-order chi connectivity index (χ1) is 7.29. The van der Waals surface area contributed by atoms with Crippen molar-refractivity contribution >= 4 is 0 Å². The molecule has 16 heavy (non-hydrogen) atoms. The molecule has 1 heterocycles. The van der Waals surface area contributed by atoms with E-state index < -0.39 is 0 Å². The van der Waals surface area contributed by atoms with E-state index in [0.717, 1.165) is 0 Å². The van der Waals surface area contributed by atoms with Gasteiger partial charge in [-0.25, -0.2) is 4.57 Å². The maximum atomic E-state index is 2.24. The number of hydrogen-bond acceptors (Lipinski definition) is 0. The normalized spacial score (nSPS) is 11.6. The van der Waals surface area contributed by atoms with Crippen LogP contribution in [0.5, 0.6) is 0 Å². The van der Waals surface area contributed by atoms with Gasteiger partial charge in [0.05, 0.1) is 5.92 Å². The lowest BCUT2D eigenvalue weighted by molar-refractivity contribution is -0.679. The summed E-state index contributed by atoms with van der Waals surface area (Å²) in [5.41, 5.74) is 2.70. The zero-order valence-electron chi connectivity index (χ0n) is 9.60. The van der Waals surface area contributed by atoms with E-state index in [0.29, 0.717) is 5.92 Å². The molecule has 0 amide bonds. The first-order valence-corrected chi connectivity index (χ1v) is 5.28. The molecule has 0 spiro atoms. The number of rotatable bonds is 2. The van der Waals surface area contributed by atoms with Gasteiger partial charge in [-0.15, -0.1) is 0 Å². The van der Waals surface area contributed by atoms with Crippen molar-refractivity contribution in [1.82, 2.24) is 0 Å². The van der Waals surface area contributed by atoms with E-state index in [1.54, 1.807) is 0 Å². The van der Waals surface area contributed by atoms with E-state index >= 15 is 0 Å². The lowest BCUT2D eigenvalue weighted by Crippen LogP contribution is -3.00. The number of aromatic nitrogens is 1. The molecule has 0 N–H and O–H groups in total. The van der Waals surface area contributed by atoms with Crippen LogP contribution < -0.4 is 17.0 Å². The number of aryl methyl sites for hydroxylation is 1. The molecule has 2 aromatic rings. The molecule has 1 aromatic carbocycles. The van der Waals surface area contributed by atoms with Crippen LogP contribution >= 0.6 is 0 Å². The van der Waals surface area contributed by atoms with Crippen LogP contribution in [0.3, 0.4) is 0 Å². The lowest BCUT2D eigenvalue weighted by atomic mass is 9.97. The van der Waals surface area contributed by atoms with E-state index in [1.165, 1.54) is 11.3 Å². The molecule has 0 aliphatic heterocycles. The minimum Gasteiger partial charge on any atom is -1.00 e. The monoisotopic (exact) mass is 233 g/mol. The van der Waals surface area contributed by atoms with Gasteiger partial charge in [0.15, 0.2) is 11.9 Å². The molecule has 0 fully saturated rings. The van der Waals surface area contributed by atoms with Gasteiger partial charge in [0.1, 0.15) is 7.05 Å². The molecular weight excluding hydrogens is 218 g/mol. The highest BCUT2D eigenvalue weighted by Gasteiger charge is 2.15. The number of pyridine rings is 1. The average Bonchev–Trinajstić information content (AvgIpc) is 2.30. The van der Waals surface area contributed by atoms with Crippen molar-refractivity contribution in [2.75, 3.05) is 0 Å². The summed E-state index contributed by atoms with van der Waals surface area (Å²) in [7, 11) is 2.09. The van der Waals surface area contributed by atoms with E-state index in [9.17, 15) is 0 Å². The Morgan fingerprint density at radius 1 is 0.938 bits per heavy atom. The summed E-state index contributed by atoms with van der Waals surface area (Å²) >= 11 is 0. The van der Waals surface area contributed by atoms with E-state index in [-0.39, 0.29) is 12.4 Å². The number of benzene rings is 1. The third kappa shape index (κ3) is 2.61. The molecular formula is C14H16ClN. The molecule has 84 valence electrons. The van der Waals surface area contributed by atoms with Crippen molar-refractivity contribution in [1.29, 1.82) is 0 Å². The maximum Gasteiger partial charge on any atom is 0.188 e. The van der Waals surface area contributed by atoms with Crippen LogP contribution in [-0.4, -0.2) is 0 Å². The average molecular weight is 234 g/mol. The van der Waals surface area contributed by atoms with E-state index in [4.69, 9.17) is 0 Å². The standard InChI is InChI=1S/C14H16N.ClH/c1-12(13-8-4-3-5-9-13)14-10-6-7-11-15(14)2;/h3-12H,1-2H3;1H/q+1;/p-1. The minimum atomic E-state index is 0. The van der Waals surface area contributed by atoms with Gasteiger partial charge in [-0.05, 0) is 12.5 Å². The smallest absolute Gasteiger partial charge is 0.188 e. The van der Waals surface area contributed by atoms with Crippen molar-refractivity contribution < 1.29 is 17.0 Å². The van der Waals surface area contributed by atoms with Gasteiger partial charge in [-0.2, -0.15) is 0 Å². The molecule has 1 aromatic heterocycles. The van der Waals surface area contributed by atoms with Crippen LogP contribution in [0.4, 0.5) is 0 Å². The van der Waals surface area contributed by atoms with Crippen LogP contribution in [-0.2, 0) is 7.05 Å². The molecule has 1 nitrogen and oxygen atoms in total. The highest BCUT2D eigenvalue weighted by Crippen LogP contribution is 2.20. The summed E-state index contributed by atoms with van der Waals surface area (Å²) < 4.78 is 2.18. The summed E-state index contributed by atoms with van der Waals surface area (Å²) in [4.78, 5) is 0. The van der Waals surface area contributed by atoms with Crippen LogP contribution in [0.2, 0.25) is 0 Å². The van der Waals surface area contributed by atoms with Crippen molar-refractivity contribution in [2.24, 2.45) is 7.05 Å². The second kappa shape index (κ2) is 5.66. The van der Waals surface area contributed by atoms with Gasteiger partial charge in [-0.3, -0.25) is 0 Å². The molecule has 0 saturated carbocycles. The summed E-state index contributed by atoms with van der Waals surface area (Å²) in [5.74, 6) is 0.442. The Balaban J connectivity index is 0.00000128. The molecule has 2 rings (SSSR count). The molecule has 1 atom stereocenters. The Kier molecular flexibility index (Phi) is 4.51. The Morgan fingerprint density at radius 3 is 2.19 bits per heavy atom. The molecule has 0 aliphatic carbocycles. The first kappa shape index (κ1) is 12.7. The molecule has 0 saturated heterocycles. The lowest BCUT2D eigenvalue weighted by Gasteiger charge is -2.09. The highest BCUT2D eigenvalue weighted by molar-refractivity contribution is 5.25. The third-order valence-electron chi connectivity index (χ3n) is 2.84.